The summed E-state index contributed by atoms with van der Waals surface area (Å²) in [5, 5.41) is 0. The van der Waals surface area contributed by atoms with Gasteiger partial charge in [0.25, 0.3) is 0 Å². The van der Waals surface area contributed by atoms with Crippen LogP contribution in [0, 0.1) is 0 Å². The van der Waals surface area contributed by atoms with Gasteiger partial charge in [-0.1, -0.05) is 13.8 Å². The van der Waals surface area contributed by atoms with Crippen LogP contribution in [0.15, 0.2) is 0 Å². The molecule has 154 valence electrons. The molecule has 0 aliphatic rings. The molecule has 0 aliphatic carbocycles. The molecular weight excluding hydrogens is 336 g/mol. The quantitative estimate of drug-likeness (QED) is 0.378. The van der Waals surface area contributed by atoms with Crippen molar-refractivity contribution in [2.24, 2.45) is 5.73 Å². The SMILES string of the molecule is CCN(CCN)CCN(CC)CCN(CCC(=O)OC)CCC(=O)OC. The minimum atomic E-state index is -0.235. The van der Waals surface area contributed by atoms with E-state index >= 15 is 0 Å². The summed E-state index contributed by atoms with van der Waals surface area (Å²) in [5.41, 5.74) is 5.64. The molecule has 0 rings (SSSR count). The van der Waals surface area contributed by atoms with Gasteiger partial charge >= 0.3 is 11.9 Å². The lowest BCUT2D eigenvalue weighted by Gasteiger charge is -2.28. The van der Waals surface area contributed by atoms with Crippen molar-refractivity contribution in [1.82, 2.24) is 14.7 Å². The Bertz CT molecular complexity index is 362. The van der Waals surface area contributed by atoms with Crippen molar-refractivity contribution in [3.63, 3.8) is 0 Å². The topological polar surface area (TPSA) is 88.3 Å². The smallest absolute Gasteiger partial charge is 0.306 e. The van der Waals surface area contributed by atoms with Crippen LogP contribution in [-0.2, 0) is 19.1 Å². The van der Waals surface area contributed by atoms with Crippen LogP contribution in [0.5, 0.6) is 0 Å². The van der Waals surface area contributed by atoms with E-state index in [4.69, 9.17) is 15.2 Å². The normalized spacial score (nSPS) is 11.4. The fourth-order valence-corrected chi connectivity index (χ4v) is 2.64. The van der Waals surface area contributed by atoms with Gasteiger partial charge in [0, 0.05) is 52.4 Å². The van der Waals surface area contributed by atoms with Gasteiger partial charge in [-0.2, -0.15) is 0 Å². The van der Waals surface area contributed by atoms with E-state index in [0.29, 0.717) is 32.5 Å². The average molecular weight is 375 g/mol. The second kappa shape index (κ2) is 16.0. The zero-order valence-electron chi connectivity index (χ0n) is 17.0. The molecule has 0 bridgehead atoms. The van der Waals surface area contributed by atoms with Crippen LogP contribution in [0.2, 0.25) is 0 Å². The predicted octanol–water partition coefficient (Wildman–Crippen LogP) is 0.0171. The molecule has 0 aromatic heterocycles. The fraction of sp³-hybridized carbons (Fsp3) is 0.889. The standard InChI is InChI=1S/C18H38N4O4/c1-5-20(12-9-19)13-14-21(6-2)15-16-22(10-7-17(23)25-3)11-8-18(24)26-4/h5-16,19H2,1-4H3. The Kier molecular flexibility index (Phi) is 15.2. The molecule has 0 spiro atoms. The molecule has 0 aliphatic heterocycles. The van der Waals surface area contributed by atoms with Crippen molar-refractivity contribution < 1.29 is 19.1 Å². The van der Waals surface area contributed by atoms with Gasteiger partial charge < -0.3 is 29.9 Å². The minimum Gasteiger partial charge on any atom is -0.469 e. The maximum absolute atomic E-state index is 11.4. The number of methoxy groups -OCH3 is 2. The lowest BCUT2D eigenvalue weighted by Crippen LogP contribution is -2.41. The second-order valence-corrected chi connectivity index (χ2v) is 6.15. The highest BCUT2D eigenvalue weighted by atomic mass is 16.5. The largest absolute Gasteiger partial charge is 0.469 e. The van der Waals surface area contributed by atoms with Crippen molar-refractivity contribution in [2.75, 3.05) is 79.7 Å². The Balaban J connectivity index is 4.44. The van der Waals surface area contributed by atoms with Crippen LogP contribution in [0.3, 0.4) is 0 Å². The molecule has 26 heavy (non-hydrogen) atoms. The Labute approximate surface area is 158 Å². The summed E-state index contributed by atoms with van der Waals surface area (Å²) >= 11 is 0. The third-order valence-electron chi connectivity index (χ3n) is 4.52. The molecule has 8 nitrogen and oxygen atoms in total. The lowest BCUT2D eigenvalue weighted by atomic mass is 10.3. The number of carbonyl (C=O) groups is 2. The van der Waals surface area contributed by atoms with Gasteiger partial charge in [0.1, 0.15) is 0 Å². The van der Waals surface area contributed by atoms with Gasteiger partial charge in [-0.15, -0.1) is 0 Å². The van der Waals surface area contributed by atoms with E-state index in [9.17, 15) is 9.59 Å². The number of nitrogens with zero attached hydrogens (tertiary/aromatic N) is 3. The molecule has 0 aromatic carbocycles. The first-order valence-corrected chi connectivity index (χ1v) is 9.51. The molecule has 2 N–H and O–H groups in total. The maximum atomic E-state index is 11.4. The molecule has 0 fully saturated rings. The zero-order chi connectivity index (χ0) is 19.8. The van der Waals surface area contributed by atoms with Gasteiger partial charge in [0.15, 0.2) is 0 Å². The molecule has 0 radical (unpaired) electrons. The highest BCUT2D eigenvalue weighted by Crippen LogP contribution is 2.00. The third kappa shape index (κ3) is 12.2. The maximum Gasteiger partial charge on any atom is 0.306 e. The first kappa shape index (κ1) is 24.8. The van der Waals surface area contributed by atoms with Gasteiger partial charge in [0.2, 0.25) is 0 Å². The van der Waals surface area contributed by atoms with Crippen LogP contribution >= 0.6 is 0 Å². The summed E-state index contributed by atoms with van der Waals surface area (Å²) < 4.78 is 9.42. The van der Waals surface area contributed by atoms with Crippen molar-refractivity contribution in [3.05, 3.63) is 0 Å². The van der Waals surface area contributed by atoms with Crippen molar-refractivity contribution in [3.8, 4) is 0 Å². The molecule has 0 unspecified atom stereocenters. The summed E-state index contributed by atoms with van der Waals surface area (Å²) in [4.78, 5) is 29.7. The zero-order valence-corrected chi connectivity index (χ0v) is 17.0. The van der Waals surface area contributed by atoms with E-state index in [2.05, 4.69) is 28.5 Å². The molecule has 8 heteroatoms. The van der Waals surface area contributed by atoms with Crippen molar-refractivity contribution in [2.45, 2.75) is 26.7 Å². The van der Waals surface area contributed by atoms with Gasteiger partial charge in [-0.05, 0) is 13.1 Å². The number of esters is 2. The van der Waals surface area contributed by atoms with E-state index in [1.54, 1.807) is 0 Å². The van der Waals surface area contributed by atoms with Gasteiger partial charge in [0.05, 0.1) is 27.1 Å². The summed E-state index contributed by atoms with van der Waals surface area (Å²) in [6.07, 6.45) is 0.647. The first-order chi connectivity index (χ1) is 12.5. The highest BCUT2D eigenvalue weighted by molar-refractivity contribution is 5.70. The summed E-state index contributed by atoms with van der Waals surface area (Å²) in [5.74, 6) is -0.471. The Morgan fingerprint density at radius 3 is 1.42 bits per heavy atom. The molecule has 0 saturated heterocycles. The van der Waals surface area contributed by atoms with Crippen molar-refractivity contribution >= 4 is 11.9 Å². The number of hydrogen-bond acceptors (Lipinski definition) is 8. The van der Waals surface area contributed by atoms with Crippen LogP contribution < -0.4 is 5.73 Å². The molecular formula is C18H38N4O4. The fourth-order valence-electron chi connectivity index (χ4n) is 2.64. The van der Waals surface area contributed by atoms with E-state index in [-0.39, 0.29) is 11.9 Å². The van der Waals surface area contributed by atoms with Crippen LogP contribution in [0.25, 0.3) is 0 Å². The molecule has 0 saturated carbocycles. The highest BCUT2D eigenvalue weighted by Gasteiger charge is 2.13. The summed E-state index contributed by atoms with van der Waals surface area (Å²) in [7, 11) is 2.78. The average Bonchev–Trinajstić information content (AvgIpc) is 2.67. The number of rotatable bonds is 16. The van der Waals surface area contributed by atoms with Crippen LogP contribution in [0.1, 0.15) is 26.7 Å². The number of ether oxygens (including phenoxy) is 2. The third-order valence-corrected chi connectivity index (χ3v) is 4.52. The van der Waals surface area contributed by atoms with Crippen LogP contribution in [0.4, 0.5) is 0 Å². The van der Waals surface area contributed by atoms with Crippen LogP contribution in [-0.4, -0.2) is 106 Å². The minimum absolute atomic E-state index is 0.235. The molecule has 0 atom stereocenters. The number of carbonyl (C=O) groups excluding carboxylic acids is 2. The Morgan fingerprint density at radius 2 is 1.08 bits per heavy atom. The second-order valence-electron chi connectivity index (χ2n) is 6.15. The van der Waals surface area contributed by atoms with Crippen molar-refractivity contribution in [1.29, 1.82) is 0 Å². The molecule has 0 amide bonds. The monoisotopic (exact) mass is 374 g/mol. The predicted molar refractivity (Wildman–Crippen MR) is 103 cm³/mol. The summed E-state index contributed by atoms with van der Waals surface area (Å²) in [6, 6.07) is 0. The molecule has 0 heterocycles. The van der Waals surface area contributed by atoms with Gasteiger partial charge in [-0.25, -0.2) is 0 Å². The molecule has 0 aromatic rings. The first-order valence-electron chi connectivity index (χ1n) is 9.51. The Hall–Kier alpha value is -1.22. The van der Waals surface area contributed by atoms with Gasteiger partial charge in [-0.3, -0.25) is 9.59 Å². The van der Waals surface area contributed by atoms with E-state index in [1.807, 2.05) is 0 Å². The lowest BCUT2D eigenvalue weighted by molar-refractivity contribution is -0.141. The Morgan fingerprint density at radius 1 is 0.692 bits per heavy atom. The summed E-state index contributed by atoms with van der Waals surface area (Å²) in [6.45, 7) is 12.7. The van der Waals surface area contributed by atoms with E-state index in [0.717, 1.165) is 45.8 Å². The number of likely N-dealkylation sites (N-methyl/N-ethyl adjacent to an activating group) is 2. The van der Waals surface area contributed by atoms with E-state index < -0.39 is 0 Å². The number of hydrogen-bond donors (Lipinski definition) is 1. The van der Waals surface area contributed by atoms with E-state index in [1.165, 1.54) is 14.2 Å². The number of nitrogens with two attached hydrogens (primary N) is 1.